The predicted octanol–water partition coefficient (Wildman–Crippen LogP) is 2.44. The molecule has 1 aliphatic rings. The van der Waals surface area contributed by atoms with Gasteiger partial charge in [0.15, 0.2) is 5.96 Å². The second kappa shape index (κ2) is 13.4. The molecular formula is C22H33IN6O3. The largest absolute Gasteiger partial charge is 0.444 e. The number of amides is 1. The number of anilines is 1. The van der Waals surface area contributed by atoms with Gasteiger partial charge in [0.2, 0.25) is 11.8 Å². The Labute approximate surface area is 206 Å². The number of nitrogens with one attached hydrogen (secondary N) is 3. The molecule has 3 N–H and O–H groups in total. The molecule has 10 heteroatoms. The lowest BCUT2D eigenvalue weighted by molar-refractivity contribution is -0.116. The zero-order valence-electron chi connectivity index (χ0n) is 18.9. The maximum atomic E-state index is 12.3. The number of guanidine groups is 1. The molecule has 9 nitrogen and oxygen atoms in total. The number of morpholine rings is 1. The van der Waals surface area contributed by atoms with Gasteiger partial charge in [0.05, 0.1) is 25.5 Å². The van der Waals surface area contributed by atoms with Gasteiger partial charge in [-0.2, -0.15) is 0 Å². The van der Waals surface area contributed by atoms with Gasteiger partial charge in [-0.05, 0) is 31.5 Å². The molecular weight excluding hydrogens is 523 g/mol. The monoisotopic (exact) mass is 556 g/mol. The summed E-state index contributed by atoms with van der Waals surface area (Å²) in [6.07, 6.45) is 0.471. The van der Waals surface area contributed by atoms with Crippen LogP contribution in [0.4, 0.5) is 5.69 Å². The lowest BCUT2D eigenvalue weighted by Crippen LogP contribution is -2.38. The summed E-state index contributed by atoms with van der Waals surface area (Å²) in [6, 6.07) is 7.80. The highest BCUT2D eigenvalue weighted by Crippen LogP contribution is 2.12. The van der Waals surface area contributed by atoms with Crippen LogP contribution in [0.3, 0.4) is 0 Å². The van der Waals surface area contributed by atoms with E-state index in [0.29, 0.717) is 31.4 Å². The van der Waals surface area contributed by atoms with E-state index in [-0.39, 0.29) is 29.9 Å². The Balaban J connectivity index is 0.00000363. The fraction of sp³-hybridized carbons (Fsp3) is 0.500. The van der Waals surface area contributed by atoms with Crippen LogP contribution in [0.25, 0.3) is 0 Å². The van der Waals surface area contributed by atoms with Crippen molar-refractivity contribution in [3.05, 3.63) is 47.2 Å². The highest BCUT2D eigenvalue weighted by atomic mass is 127. The minimum absolute atomic E-state index is 0. The topological polar surface area (TPSA) is 104 Å². The predicted molar refractivity (Wildman–Crippen MR) is 135 cm³/mol. The summed E-state index contributed by atoms with van der Waals surface area (Å²) >= 11 is 0. The van der Waals surface area contributed by atoms with Crippen LogP contribution in [0.5, 0.6) is 0 Å². The number of aryl methyl sites for hydroxylation is 2. The molecule has 32 heavy (non-hydrogen) atoms. The number of rotatable bonds is 8. The van der Waals surface area contributed by atoms with E-state index in [2.05, 4.69) is 30.8 Å². The number of aromatic nitrogens is 1. The van der Waals surface area contributed by atoms with Crippen molar-refractivity contribution >= 4 is 41.5 Å². The van der Waals surface area contributed by atoms with Gasteiger partial charge in [-0.3, -0.25) is 14.7 Å². The highest BCUT2D eigenvalue weighted by Gasteiger charge is 2.12. The van der Waals surface area contributed by atoms with Gasteiger partial charge in [-0.1, -0.05) is 12.1 Å². The Morgan fingerprint density at radius 1 is 1.19 bits per heavy atom. The van der Waals surface area contributed by atoms with E-state index in [9.17, 15) is 4.79 Å². The van der Waals surface area contributed by atoms with Gasteiger partial charge in [-0.25, -0.2) is 4.98 Å². The minimum atomic E-state index is 0. The summed E-state index contributed by atoms with van der Waals surface area (Å²) in [7, 11) is 1.71. The number of aliphatic imine (C=N–C) groups is 1. The van der Waals surface area contributed by atoms with Crippen LogP contribution >= 0.6 is 24.0 Å². The fourth-order valence-electron chi connectivity index (χ4n) is 3.25. The number of carbonyl (C=O) groups excluding carboxylic acids is 1. The Morgan fingerprint density at radius 3 is 2.62 bits per heavy atom. The third kappa shape index (κ3) is 8.40. The Bertz CT molecular complexity index is 876. The van der Waals surface area contributed by atoms with E-state index in [1.54, 1.807) is 7.05 Å². The molecule has 0 saturated carbocycles. The molecule has 1 fully saturated rings. The second-order valence-corrected chi connectivity index (χ2v) is 7.48. The van der Waals surface area contributed by atoms with Gasteiger partial charge < -0.3 is 25.1 Å². The molecule has 0 spiro atoms. The number of nitrogens with zero attached hydrogens (tertiary/aromatic N) is 3. The Hall–Kier alpha value is -2.18. The van der Waals surface area contributed by atoms with Gasteiger partial charge in [0.1, 0.15) is 5.76 Å². The molecule has 0 unspecified atom stereocenters. The van der Waals surface area contributed by atoms with Gasteiger partial charge in [-0.15, -0.1) is 24.0 Å². The zero-order valence-corrected chi connectivity index (χ0v) is 21.3. The summed E-state index contributed by atoms with van der Waals surface area (Å²) in [5.74, 6) is 2.11. The lowest BCUT2D eigenvalue weighted by atomic mass is 10.2. The quantitative estimate of drug-likeness (QED) is 0.261. The van der Waals surface area contributed by atoms with Crippen molar-refractivity contribution in [1.82, 2.24) is 20.5 Å². The van der Waals surface area contributed by atoms with Crippen LogP contribution in [0.15, 0.2) is 33.7 Å². The van der Waals surface area contributed by atoms with Crippen LogP contribution in [-0.2, 0) is 22.6 Å². The first kappa shape index (κ1) is 26.1. The van der Waals surface area contributed by atoms with E-state index in [1.807, 2.05) is 38.1 Å². The van der Waals surface area contributed by atoms with E-state index < -0.39 is 0 Å². The molecule has 1 saturated heterocycles. The van der Waals surface area contributed by atoms with Crippen LogP contribution in [-0.4, -0.2) is 61.6 Å². The maximum absolute atomic E-state index is 12.3. The first-order chi connectivity index (χ1) is 15.0. The van der Waals surface area contributed by atoms with Crippen molar-refractivity contribution in [2.75, 3.05) is 45.2 Å². The Morgan fingerprint density at radius 2 is 1.94 bits per heavy atom. The first-order valence-corrected chi connectivity index (χ1v) is 10.6. The number of carbonyl (C=O) groups is 1. The lowest BCUT2D eigenvalue weighted by Gasteiger charge is -2.26. The van der Waals surface area contributed by atoms with E-state index in [1.165, 1.54) is 0 Å². The molecule has 1 aromatic heterocycles. The molecule has 1 aliphatic heterocycles. The summed E-state index contributed by atoms with van der Waals surface area (Å²) < 4.78 is 10.9. The molecule has 3 rings (SSSR count). The first-order valence-electron chi connectivity index (χ1n) is 10.6. The number of hydrogen-bond acceptors (Lipinski definition) is 6. The van der Waals surface area contributed by atoms with E-state index in [0.717, 1.165) is 55.6 Å². The summed E-state index contributed by atoms with van der Waals surface area (Å²) in [5, 5.41) is 9.44. The third-order valence-electron chi connectivity index (χ3n) is 5.13. The van der Waals surface area contributed by atoms with Crippen LogP contribution in [0, 0.1) is 13.8 Å². The van der Waals surface area contributed by atoms with Crippen molar-refractivity contribution in [2.45, 2.75) is 33.4 Å². The van der Waals surface area contributed by atoms with Gasteiger partial charge in [0.25, 0.3) is 0 Å². The van der Waals surface area contributed by atoms with Crippen LogP contribution in [0.2, 0.25) is 0 Å². The standard InChI is InChI=1S/C22H32N6O3.HI/c1-16-17(2)31-21(26-16)15-25-22(23-3)24-14-18-5-4-6-19(13-18)27-20(29)7-8-28-9-11-30-12-10-28;/h4-6,13H,7-12,14-15H2,1-3H3,(H,27,29)(H2,23,24,25);1H. The molecule has 0 bridgehead atoms. The molecule has 0 radical (unpaired) electrons. The van der Waals surface area contributed by atoms with Crippen molar-refractivity contribution in [3.8, 4) is 0 Å². The van der Waals surface area contributed by atoms with Gasteiger partial charge in [0, 0.05) is 45.3 Å². The minimum Gasteiger partial charge on any atom is -0.444 e. The zero-order chi connectivity index (χ0) is 22.1. The SMILES string of the molecule is CN=C(NCc1cccc(NC(=O)CCN2CCOCC2)c1)NCc1nc(C)c(C)o1.I. The average Bonchev–Trinajstić information content (AvgIpc) is 3.10. The molecule has 2 aromatic rings. The number of halogens is 1. The number of hydrogen-bond donors (Lipinski definition) is 3. The van der Waals surface area contributed by atoms with Crippen LogP contribution in [0.1, 0.15) is 29.3 Å². The second-order valence-electron chi connectivity index (χ2n) is 7.48. The number of ether oxygens (including phenoxy) is 1. The van der Waals surface area contributed by atoms with Crippen LogP contribution < -0.4 is 16.0 Å². The summed E-state index contributed by atoms with van der Waals surface area (Å²) in [5.41, 5.74) is 2.72. The van der Waals surface area contributed by atoms with Crippen molar-refractivity contribution in [3.63, 3.8) is 0 Å². The molecule has 2 heterocycles. The maximum Gasteiger partial charge on any atom is 0.225 e. The van der Waals surface area contributed by atoms with Crippen molar-refractivity contribution < 1.29 is 13.9 Å². The smallest absolute Gasteiger partial charge is 0.225 e. The molecule has 176 valence electrons. The van der Waals surface area contributed by atoms with Gasteiger partial charge >= 0.3 is 0 Å². The fourth-order valence-corrected chi connectivity index (χ4v) is 3.25. The van der Waals surface area contributed by atoms with Crippen molar-refractivity contribution in [1.29, 1.82) is 0 Å². The van der Waals surface area contributed by atoms with Crippen molar-refractivity contribution in [2.24, 2.45) is 4.99 Å². The number of oxazole rings is 1. The Kier molecular flexibility index (Phi) is 10.9. The normalized spacial score (nSPS) is 14.5. The summed E-state index contributed by atoms with van der Waals surface area (Å²) in [6.45, 7) is 8.85. The molecule has 1 aromatic carbocycles. The number of benzene rings is 1. The summed E-state index contributed by atoms with van der Waals surface area (Å²) in [4.78, 5) is 23.1. The van der Waals surface area contributed by atoms with E-state index >= 15 is 0 Å². The molecule has 0 aliphatic carbocycles. The third-order valence-corrected chi connectivity index (χ3v) is 5.13. The average molecular weight is 556 g/mol. The molecule has 0 atom stereocenters. The van der Waals surface area contributed by atoms with E-state index in [4.69, 9.17) is 9.15 Å². The highest BCUT2D eigenvalue weighted by molar-refractivity contribution is 14.0. The molecule has 1 amide bonds.